The molecule has 0 fully saturated rings. The average Bonchev–Trinajstić information content (AvgIpc) is 2.41. The van der Waals surface area contributed by atoms with Gasteiger partial charge in [-0.3, -0.25) is 9.11 Å². The minimum Gasteiger partial charge on any atom is -0.507 e. The normalized spacial score (nSPS) is 23.8. The molecule has 130 valence electrons. The standard InChI is InChI=1S/C14H14O8S2/c15-11-3-7-1-8-4-12(16)14(24(20,21)22)6-10(8)2-9(7)5-13(11)23(17,18)19/h3-7,9,15-16H,1-2H2,(H,17,18,19)(H,20,21,22)/t7-,9-/m1/s1. The third-order valence-electron chi connectivity index (χ3n) is 4.29. The Morgan fingerprint density at radius 1 is 0.833 bits per heavy atom. The van der Waals surface area contributed by atoms with Crippen LogP contribution in [0.5, 0.6) is 5.75 Å². The number of phenolic OH excluding ortho intramolecular Hbond substituents is 1. The number of hydrogen-bond acceptors (Lipinski definition) is 6. The summed E-state index contributed by atoms with van der Waals surface area (Å²) in [5, 5.41) is 19.6. The summed E-state index contributed by atoms with van der Waals surface area (Å²) >= 11 is 0. The van der Waals surface area contributed by atoms with Gasteiger partial charge >= 0.3 is 0 Å². The minimum atomic E-state index is -4.59. The Labute approximate surface area is 138 Å². The fourth-order valence-corrected chi connectivity index (χ4v) is 4.49. The molecule has 2 atom stereocenters. The molecule has 4 N–H and O–H groups in total. The topological polar surface area (TPSA) is 149 Å². The first kappa shape index (κ1) is 17.0. The highest BCUT2D eigenvalue weighted by molar-refractivity contribution is 7.90. The van der Waals surface area contributed by atoms with E-state index in [1.807, 2.05) is 0 Å². The van der Waals surface area contributed by atoms with Crippen molar-refractivity contribution in [2.24, 2.45) is 11.8 Å². The van der Waals surface area contributed by atoms with E-state index in [0.29, 0.717) is 17.5 Å². The quantitative estimate of drug-likeness (QED) is 0.564. The molecule has 3 rings (SSSR count). The number of allylic oxidation sites excluding steroid dienone is 2. The zero-order valence-electron chi connectivity index (χ0n) is 12.1. The summed E-state index contributed by atoms with van der Waals surface area (Å²) in [4.78, 5) is -1.20. The summed E-state index contributed by atoms with van der Waals surface area (Å²) < 4.78 is 63.4. The lowest BCUT2D eigenvalue weighted by molar-refractivity contribution is 0.369. The number of rotatable bonds is 2. The lowest BCUT2D eigenvalue weighted by Gasteiger charge is -2.32. The van der Waals surface area contributed by atoms with E-state index < -0.39 is 41.5 Å². The molecule has 8 nitrogen and oxygen atoms in total. The van der Waals surface area contributed by atoms with Crippen molar-refractivity contribution in [1.29, 1.82) is 0 Å². The van der Waals surface area contributed by atoms with Crippen molar-refractivity contribution >= 4 is 20.2 Å². The molecule has 2 aliphatic rings. The minimum absolute atomic E-state index is 0.228. The van der Waals surface area contributed by atoms with E-state index in [-0.39, 0.29) is 18.3 Å². The second kappa shape index (κ2) is 5.31. The first-order chi connectivity index (χ1) is 11.0. The maximum absolute atomic E-state index is 11.3. The van der Waals surface area contributed by atoms with Crippen LogP contribution in [0.4, 0.5) is 0 Å². The van der Waals surface area contributed by atoms with Gasteiger partial charge in [0.1, 0.15) is 21.3 Å². The van der Waals surface area contributed by atoms with Crippen molar-refractivity contribution in [3.05, 3.63) is 46.1 Å². The number of aromatic hydroxyl groups is 1. The Balaban J connectivity index is 2.07. The molecule has 0 radical (unpaired) electrons. The third kappa shape index (κ3) is 2.93. The van der Waals surface area contributed by atoms with Gasteiger partial charge in [-0.25, -0.2) is 0 Å². The summed E-state index contributed by atoms with van der Waals surface area (Å²) in [7, 11) is -9.17. The van der Waals surface area contributed by atoms with Crippen molar-refractivity contribution in [3.8, 4) is 5.75 Å². The first-order valence-electron chi connectivity index (χ1n) is 6.89. The molecule has 0 saturated heterocycles. The van der Waals surface area contributed by atoms with Crippen LogP contribution in [-0.2, 0) is 33.1 Å². The average molecular weight is 374 g/mol. The Morgan fingerprint density at radius 2 is 1.38 bits per heavy atom. The Hall–Kier alpha value is -1.88. The molecule has 24 heavy (non-hydrogen) atoms. The molecule has 1 aromatic carbocycles. The largest absolute Gasteiger partial charge is 0.507 e. The van der Waals surface area contributed by atoms with Crippen molar-refractivity contribution < 1.29 is 36.2 Å². The maximum Gasteiger partial charge on any atom is 0.298 e. The fourth-order valence-electron chi connectivity index (χ4n) is 3.20. The Bertz CT molecular complexity index is 986. The number of hydrogen-bond donors (Lipinski definition) is 4. The zero-order valence-corrected chi connectivity index (χ0v) is 13.7. The van der Waals surface area contributed by atoms with Crippen LogP contribution in [0.1, 0.15) is 11.1 Å². The number of phenols is 1. The van der Waals surface area contributed by atoms with Gasteiger partial charge in [0.2, 0.25) is 0 Å². The van der Waals surface area contributed by atoms with E-state index in [2.05, 4.69) is 0 Å². The van der Waals surface area contributed by atoms with Gasteiger partial charge in [0, 0.05) is 0 Å². The van der Waals surface area contributed by atoms with Crippen LogP contribution < -0.4 is 0 Å². The molecule has 2 aliphatic carbocycles. The van der Waals surface area contributed by atoms with Crippen LogP contribution in [0.3, 0.4) is 0 Å². The van der Waals surface area contributed by atoms with Crippen molar-refractivity contribution in [2.75, 3.05) is 0 Å². The predicted molar refractivity (Wildman–Crippen MR) is 82.7 cm³/mol. The summed E-state index contributed by atoms with van der Waals surface area (Å²) in [5.41, 5.74) is 1.16. The second-order valence-electron chi connectivity index (χ2n) is 5.86. The van der Waals surface area contributed by atoms with Crippen LogP contribution >= 0.6 is 0 Å². The maximum atomic E-state index is 11.3. The van der Waals surface area contributed by atoms with E-state index in [9.17, 15) is 27.0 Å². The molecule has 0 aliphatic heterocycles. The highest BCUT2D eigenvalue weighted by Gasteiger charge is 2.34. The van der Waals surface area contributed by atoms with Gasteiger partial charge in [0.25, 0.3) is 20.2 Å². The van der Waals surface area contributed by atoms with Crippen molar-refractivity contribution in [3.63, 3.8) is 0 Å². The Morgan fingerprint density at radius 3 is 1.92 bits per heavy atom. The molecular weight excluding hydrogens is 360 g/mol. The Kier molecular flexibility index (Phi) is 3.75. The van der Waals surface area contributed by atoms with E-state index in [4.69, 9.17) is 9.11 Å². The van der Waals surface area contributed by atoms with Crippen LogP contribution in [0.25, 0.3) is 0 Å². The summed E-state index contributed by atoms with van der Waals surface area (Å²) in [6, 6.07) is 2.39. The van der Waals surface area contributed by atoms with Gasteiger partial charge in [-0.15, -0.1) is 0 Å². The molecular formula is C14H14O8S2. The summed E-state index contributed by atoms with van der Waals surface area (Å²) in [5.74, 6) is -1.77. The molecule has 0 amide bonds. The van der Waals surface area contributed by atoms with Crippen molar-refractivity contribution in [2.45, 2.75) is 17.7 Å². The molecule has 0 spiro atoms. The van der Waals surface area contributed by atoms with E-state index in [1.165, 1.54) is 18.2 Å². The first-order valence-corrected chi connectivity index (χ1v) is 9.77. The highest BCUT2D eigenvalue weighted by Crippen LogP contribution is 2.40. The lowest BCUT2D eigenvalue weighted by atomic mass is 9.74. The molecule has 10 heteroatoms. The summed E-state index contributed by atoms with van der Waals surface area (Å²) in [6.45, 7) is 0. The smallest absolute Gasteiger partial charge is 0.298 e. The van der Waals surface area contributed by atoms with Gasteiger partial charge < -0.3 is 10.2 Å². The second-order valence-corrected chi connectivity index (χ2v) is 8.64. The molecule has 1 aromatic rings. The van der Waals surface area contributed by atoms with Crippen LogP contribution in [0, 0.1) is 11.8 Å². The van der Waals surface area contributed by atoms with Gasteiger partial charge in [-0.05, 0) is 54.0 Å². The number of fused-ring (bicyclic) bond motifs is 2. The molecule has 0 unspecified atom stereocenters. The number of benzene rings is 1. The van der Waals surface area contributed by atoms with Gasteiger partial charge in [0.15, 0.2) is 0 Å². The molecule has 0 bridgehead atoms. The highest BCUT2D eigenvalue weighted by atomic mass is 32.2. The third-order valence-corrected chi connectivity index (χ3v) is 6.07. The monoisotopic (exact) mass is 374 g/mol. The summed E-state index contributed by atoms with van der Waals surface area (Å²) in [6.07, 6.45) is 3.12. The van der Waals surface area contributed by atoms with Gasteiger partial charge in [-0.2, -0.15) is 16.8 Å². The fraction of sp³-hybridized carbons (Fsp3) is 0.286. The van der Waals surface area contributed by atoms with E-state index in [0.717, 1.165) is 6.07 Å². The van der Waals surface area contributed by atoms with Crippen LogP contribution in [0.2, 0.25) is 0 Å². The number of aliphatic hydroxyl groups is 1. The molecule has 0 heterocycles. The van der Waals surface area contributed by atoms with Crippen molar-refractivity contribution in [1.82, 2.24) is 0 Å². The predicted octanol–water partition coefficient (Wildman–Crippen LogP) is 1.20. The van der Waals surface area contributed by atoms with Crippen LogP contribution in [0.15, 0.2) is 39.8 Å². The van der Waals surface area contributed by atoms with Gasteiger partial charge in [0.05, 0.1) is 0 Å². The SMILES string of the molecule is O=S(=O)(O)C1=C[C@H]2Cc3cc(S(=O)(=O)O)c(O)cc3C[C@@H]2C=C1O. The molecule has 0 saturated carbocycles. The van der Waals surface area contributed by atoms with E-state index in [1.54, 1.807) is 0 Å². The molecule has 0 aromatic heterocycles. The van der Waals surface area contributed by atoms with Crippen LogP contribution in [-0.4, -0.2) is 36.2 Å². The zero-order chi connectivity index (χ0) is 17.9. The number of aliphatic hydroxyl groups excluding tert-OH is 1. The lowest BCUT2D eigenvalue weighted by Crippen LogP contribution is -2.27. The van der Waals surface area contributed by atoms with E-state index >= 15 is 0 Å². The van der Waals surface area contributed by atoms with Gasteiger partial charge in [-0.1, -0.05) is 6.08 Å².